The molecule has 1 saturated heterocycles. The van der Waals surface area contributed by atoms with Gasteiger partial charge in [0.2, 0.25) is 5.91 Å². The third kappa shape index (κ3) is 2.81. The van der Waals surface area contributed by atoms with Crippen molar-refractivity contribution in [3.05, 3.63) is 0 Å². The molecule has 3 aliphatic rings. The van der Waals surface area contributed by atoms with Crippen LogP contribution in [-0.4, -0.2) is 39.1 Å². The largest absolute Gasteiger partial charge is 0.480 e. The number of nitrogens with zero attached hydrogens (tertiary/aromatic N) is 1. The van der Waals surface area contributed by atoms with Gasteiger partial charge in [0.05, 0.1) is 5.37 Å². The quantitative estimate of drug-likeness (QED) is 0.867. The van der Waals surface area contributed by atoms with Gasteiger partial charge in [-0.1, -0.05) is 20.3 Å². The second kappa shape index (κ2) is 5.82. The van der Waals surface area contributed by atoms with E-state index in [1.807, 2.05) is 0 Å². The van der Waals surface area contributed by atoms with Gasteiger partial charge < -0.3 is 10.0 Å². The summed E-state index contributed by atoms with van der Waals surface area (Å²) in [5.41, 5.74) is 0. The number of aliphatic carboxylic acids is 1. The van der Waals surface area contributed by atoms with Crippen molar-refractivity contribution in [3.8, 4) is 0 Å². The molecule has 1 N–H and O–H groups in total. The van der Waals surface area contributed by atoms with Gasteiger partial charge in [-0.25, -0.2) is 4.79 Å². The molecule has 0 radical (unpaired) electrons. The van der Waals surface area contributed by atoms with E-state index in [9.17, 15) is 14.7 Å². The minimum absolute atomic E-state index is 0.0252. The number of carboxylic acids is 1. The average molecular weight is 311 g/mol. The highest BCUT2D eigenvalue weighted by molar-refractivity contribution is 8.00. The summed E-state index contributed by atoms with van der Waals surface area (Å²) in [4.78, 5) is 25.9. The molecule has 0 aromatic rings. The third-order valence-electron chi connectivity index (χ3n) is 5.50. The standard InChI is InChI=1S/C16H25NO3S/c1-9(2)15-17(13(8-21-15)16(19)20)14(18)7-12-6-10-3-4-11(12)5-10/h9-13,15H,3-8H2,1-2H3,(H,19,20). The van der Waals surface area contributed by atoms with Crippen molar-refractivity contribution in [2.75, 3.05) is 5.75 Å². The minimum Gasteiger partial charge on any atom is -0.480 e. The van der Waals surface area contributed by atoms with Crippen LogP contribution in [0.15, 0.2) is 0 Å². The van der Waals surface area contributed by atoms with Gasteiger partial charge in [0, 0.05) is 12.2 Å². The molecule has 1 aliphatic heterocycles. The summed E-state index contributed by atoms with van der Waals surface area (Å²) in [6, 6.07) is -0.631. The number of carbonyl (C=O) groups excluding carboxylic acids is 1. The van der Waals surface area contributed by atoms with E-state index < -0.39 is 12.0 Å². The number of hydrogen-bond donors (Lipinski definition) is 1. The Morgan fingerprint density at radius 3 is 2.57 bits per heavy atom. The minimum atomic E-state index is -0.855. The molecule has 0 aromatic carbocycles. The summed E-state index contributed by atoms with van der Waals surface area (Å²) in [6.45, 7) is 4.14. The van der Waals surface area contributed by atoms with Crippen molar-refractivity contribution in [1.29, 1.82) is 0 Å². The number of thioether (sulfide) groups is 1. The fourth-order valence-corrected chi connectivity index (χ4v) is 6.00. The first-order valence-corrected chi connectivity index (χ1v) is 9.17. The van der Waals surface area contributed by atoms with Crippen molar-refractivity contribution in [2.45, 2.75) is 57.4 Å². The highest BCUT2D eigenvalue weighted by atomic mass is 32.2. The molecule has 0 spiro atoms. The van der Waals surface area contributed by atoms with Crippen molar-refractivity contribution >= 4 is 23.6 Å². The van der Waals surface area contributed by atoms with Gasteiger partial charge >= 0.3 is 5.97 Å². The number of fused-ring (bicyclic) bond motifs is 2. The Hall–Kier alpha value is -0.710. The van der Waals surface area contributed by atoms with Crippen molar-refractivity contribution in [2.24, 2.45) is 23.7 Å². The Morgan fingerprint density at radius 2 is 2.05 bits per heavy atom. The molecule has 2 saturated carbocycles. The maximum Gasteiger partial charge on any atom is 0.327 e. The van der Waals surface area contributed by atoms with E-state index in [0.717, 1.165) is 11.8 Å². The summed E-state index contributed by atoms with van der Waals surface area (Å²) in [6.07, 6.45) is 5.65. The smallest absolute Gasteiger partial charge is 0.327 e. The first-order chi connectivity index (χ1) is 9.97. The maximum absolute atomic E-state index is 12.8. The molecular formula is C16H25NO3S. The Morgan fingerprint density at radius 1 is 1.29 bits per heavy atom. The normalized spacial score (nSPS) is 38.4. The second-order valence-electron chi connectivity index (χ2n) is 7.26. The monoisotopic (exact) mass is 311 g/mol. The summed E-state index contributed by atoms with van der Waals surface area (Å²) in [5, 5.41) is 9.42. The zero-order chi connectivity index (χ0) is 15.1. The van der Waals surface area contributed by atoms with Crippen LogP contribution < -0.4 is 0 Å². The number of hydrogen-bond acceptors (Lipinski definition) is 3. The molecule has 5 unspecified atom stereocenters. The predicted molar refractivity (Wildman–Crippen MR) is 82.9 cm³/mol. The highest BCUT2D eigenvalue weighted by Gasteiger charge is 2.45. The van der Waals surface area contributed by atoms with Gasteiger partial charge in [0.25, 0.3) is 0 Å². The van der Waals surface area contributed by atoms with Gasteiger partial charge in [-0.05, 0) is 42.9 Å². The zero-order valence-electron chi connectivity index (χ0n) is 12.8. The summed E-state index contributed by atoms with van der Waals surface area (Å²) >= 11 is 1.62. The maximum atomic E-state index is 12.8. The molecule has 118 valence electrons. The Labute approximate surface area is 130 Å². The molecule has 1 amide bonds. The van der Waals surface area contributed by atoms with E-state index in [0.29, 0.717) is 24.0 Å². The van der Waals surface area contributed by atoms with E-state index in [1.54, 1.807) is 16.7 Å². The van der Waals surface area contributed by atoms with E-state index >= 15 is 0 Å². The molecule has 5 atom stereocenters. The first-order valence-electron chi connectivity index (χ1n) is 8.13. The van der Waals surface area contributed by atoms with Crippen LogP contribution in [0.4, 0.5) is 0 Å². The molecule has 2 bridgehead atoms. The number of amides is 1. The van der Waals surface area contributed by atoms with Crippen LogP contribution in [0.2, 0.25) is 0 Å². The van der Waals surface area contributed by atoms with Crippen LogP contribution in [0.5, 0.6) is 0 Å². The Kier molecular flexibility index (Phi) is 4.21. The van der Waals surface area contributed by atoms with E-state index in [2.05, 4.69) is 13.8 Å². The van der Waals surface area contributed by atoms with Gasteiger partial charge in [0.1, 0.15) is 6.04 Å². The van der Waals surface area contributed by atoms with Crippen LogP contribution in [0.1, 0.15) is 46.0 Å². The van der Waals surface area contributed by atoms with E-state index in [1.165, 1.54) is 25.7 Å². The fourth-order valence-electron chi connectivity index (χ4n) is 4.50. The molecule has 1 heterocycles. The van der Waals surface area contributed by atoms with Gasteiger partial charge in [-0.3, -0.25) is 4.79 Å². The van der Waals surface area contributed by atoms with Crippen molar-refractivity contribution in [1.82, 2.24) is 4.90 Å². The topological polar surface area (TPSA) is 57.6 Å². The van der Waals surface area contributed by atoms with E-state index in [4.69, 9.17) is 0 Å². The summed E-state index contributed by atoms with van der Waals surface area (Å²) < 4.78 is 0. The molecule has 4 nitrogen and oxygen atoms in total. The van der Waals surface area contributed by atoms with Crippen LogP contribution in [0, 0.1) is 23.7 Å². The second-order valence-corrected chi connectivity index (χ2v) is 8.41. The van der Waals surface area contributed by atoms with Gasteiger partial charge in [-0.2, -0.15) is 0 Å². The molecule has 2 aliphatic carbocycles. The first kappa shape index (κ1) is 15.2. The zero-order valence-corrected chi connectivity index (χ0v) is 13.6. The number of carbonyl (C=O) groups is 2. The highest BCUT2D eigenvalue weighted by Crippen LogP contribution is 2.50. The lowest BCUT2D eigenvalue weighted by atomic mass is 9.86. The van der Waals surface area contributed by atoms with Crippen molar-refractivity contribution in [3.63, 3.8) is 0 Å². The Bertz CT molecular complexity index is 439. The van der Waals surface area contributed by atoms with Gasteiger partial charge in [-0.15, -0.1) is 11.8 Å². The summed E-state index contributed by atoms with van der Waals surface area (Å²) in [7, 11) is 0. The lowest BCUT2D eigenvalue weighted by molar-refractivity contribution is -0.150. The predicted octanol–water partition coefficient (Wildman–Crippen LogP) is 2.82. The molecule has 21 heavy (non-hydrogen) atoms. The molecule has 3 fully saturated rings. The van der Waals surface area contributed by atoms with Crippen LogP contribution >= 0.6 is 11.8 Å². The van der Waals surface area contributed by atoms with Crippen LogP contribution in [0.3, 0.4) is 0 Å². The van der Waals surface area contributed by atoms with Crippen LogP contribution in [-0.2, 0) is 9.59 Å². The van der Waals surface area contributed by atoms with Gasteiger partial charge in [0.15, 0.2) is 0 Å². The molecule has 3 rings (SSSR count). The lowest BCUT2D eigenvalue weighted by Gasteiger charge is -2.32. The molecular weight excluding hydrogens is 286 g/mol. The lowest BCUT2D eigenvalue weighted by Crippen LogP contribution is -2.47. The number of rotatable bonds is 4. The number of carboxylic acid groups (broad SMARTS) is 1. The van der Waals surface area contributed by atoms with E-state index in [-0.39, 0.29) is 11.3 Å². The molecule has 0 aromatic heterocycles. The van der Waals surface area contributed by atoms with Crippen LogP contribution in [0.25, 0.3) is 0 Å². The SMILES string of the molecule is CC(C)C1SCC(C(=O)O)N1C(=O)CC1CC2CCC1C2. The molecule has 5 heteroatoms. The summed E-state index contributed by atoms with van der Waals surface area (Å²) in [5.74, 6) is 2.09. The average Bonchev–Trinajstić information content (AvgIpc) is 3.12. The Balaban J connectivity index is 1.69. The fraction of sp³-hybridized carbons (Fsp3) is 0.875. The third-order valence-corrected chi connectivity index (χ3v) is 7.12. The van der Waals surface area contributed by atoms with Crippen molar-refractivity contribution < 1.29 is 14.7 Å².